The smallest absolute Gasteiger partial charge is 0.420 e. The number of phenolic OH excluding ortho intramolecular Hbond substituents is 1. The van der Waals surface area contributed by atoms with Gasteiger partial charge in [-0.1, -0.05) is 31.9 Å². The summed E-state index contributed by atoms with van der Waals surface area (Å²) in [5, 5.41) is 15.0. The van der Waals surface area contributed by atoms with E-state index >= 15 is 0 Å². The van der Waals surface area contributed by atoms with E-state index in [1.54, 1.807) is 29.6 Å². The average Bonchev–Trinajstić information content (AvgIpc) is 3.14. The first-order valence-electron chi connectivity index (χ1n) is 9.23. The number of aromatic hydroxyl groups is 1. The van der Waals surface area contributed by atoms with Crippen LogP contribution in [-0.4, -0.2) is 16.7 Å². The minimum atomic E-state index is -4.53. The molecule has 0 saturated carbocycles. The number of unbranched alkanes of at least 4 members (excludes halogenated alkanes) is 2. The van der Waals surface area contributed by atoms with E-state index in [2.05, 4.69) is 10.3 Å². The van der Waals surface area contributed by atoms with Crippen molar-refractivity contribution in [3.05, 3.63) is 53.4 Å². The van der Waals surface area contributed by atoms with Gasteiger partial charge in [0, 0.05) is 16.6 Å². The summed E-state index contributed by atoms with van der Waals surface area (Å²) in [5.74, 6) is -0.0820. The second kappa shape index (κ2) is 9.17. The number of para-hydroxylation sites is 1. The van der Waals surface area contributed by atoms with Crippen LogP contribution in [-0.2, 0) is 6.18 Å². The van der Waals surface area contributed by atoms with Crippen molar-refractivity contribution in [3.63, 3.8) is 0 Å². The lowest BCUT2D eigenvalue weighted by atomic mass is 10.1. The fraction of sp³-hybridized carbons (Fsp3) is 0.286. The van der Waals surface area contributed by atoms with Crippen LogP contribution >= 0.6 is 11.3 Å². The van der Waals surface area contributed by atoms with Crippen LogP contribution < -0.4 is 10.1 Å². The summed E-state index contributed by atoms with van der Waals surface area (Å²) in [6, 6.07) is 10.6. The summed E-state index contributed by atoms with van der Waals surface area (Å²) in [5.41, 5.74) is 0.541. The zero-order valence-electron chi connectivity index (χ0n) is 15.8. The summed E-state index contributed by atoms with van der Waals surface area (Å²) < 4.78 is 45.7. The fourth-order valence-electron chi connectivity index (χ4n) is 2.76. The molecular weight excluding hydrogens is 401 g/mol. The standard InChI is InChI=1S/C21H21F3N2O2S/c1-2-3-6-11-28-19-10-9-14(12-16(19)21(22,23)24)25-20-26-17(13-29-20)15-7-4-5-8-18(15)27/h4-5,7-10,12-13,27H,2-3,6,11H2,1H3,(H,25,26). The molecule has 1 heterocycles. The van der Waals surface area contributed by atoms with Gasteiger partial charge in [-0.15, -0.1) is 11.3 Å². The number of anilines is 2. The predicted molar refractivity (Wildman–Crippen MR) is 109 cm³/mol. The van der Waals surface area contributed by atoms with Crippen molar-refractivity contribution in [2.24, 2.45) is 0 Å². The molecule has 0 saturated heterocycles. The van der Waals surface area contributed by atoms with Crippen LogP contribution in [0.4, 0.5) is 24.0 Å². The quantitative estimate of drug-likeness (QED) is 0.390. The number of rotatable bonds is 8. The van der Waals surface area contributed by atoms with Crippen LogP contribution in [0.5, 0.6) is 11.5 Å². The molecule has 0 atom stereocenters. The van der Waals surface area contributed by atoms with Crippen LogP contribution in [0.3, 0.4) is 0 Å². The molecule has 29 heavy (non-hydrogen) atoms. The topological polar surface area (TPSA) is 54.4 Å². The number of hydrogen-bond acceptors (Lipinski definition) is 5. The first kappa shape index (κ1) is 21.0. The Morgan fingerprint density at radius 2 is 1.93 bits per heavy atom. The predicted octanol–water partition coefficient (Wildman–Crippen LogP) is 6.85. The van der Waals surface area contributed by atoms with E-state index in [4.69, 9.17) is 4.74 Å². The summed E-state index contributed by atoms with van der Waals surface area (Å²) in [6.07, 6.45) is -1.94. The Hall–Kier alpha value is -2.74. The number of phenols is 1. The molecular formula is C21H21F3N2O2S. The lowest BCUT2D eigenvalue weighted by Gasteiger charge is -2.15. The molecule has 4 nitrogen and oxygen atoms in total. The van der Waals surface area contributed by atoms with Gasteiger partial charge in [-0.2, -0.15) is 13.2 Å². The van der Waals surface area contributed by atoms with Crippen LogP contribution in [0, 0.1) is 0 Å². The molecule has 8 heteroatoms. The monoisotopic (exact) mass is 422 g/mol. The van der Waals surface area contributed by atoms with E-state index in [9.17, 15) is 18.3 Å². The number of alkyl halides is 3. The van der Waals surface area contributed by atoms with Gasteiger partial charge in [-0.05, 0) is 36.8 Å². The molecule has 1 aromatic heterocycles. The lowest BCUT2D eigenvalue weighted by Crippen LogP contribution is -2.10. The highest BCUT2D eigenvalue weighted by Gasteiger charge is 2.34. The molecule has 2 aromatic carbocycles. The third-order valence-corrected chi connectivity index (χ3v) is 4.98. The van der Waals surface area contributed by atoms with Crippen LogP contribution in [0.15, 0.2) is 47.8 Å². The number of thiazole rings is 1. The van der Waals surface area contributed by atoms with Crippen molar-refractivity contribution in [2.75, 3.05) is 11.9 Å². The number of nitrogens with one attached hydrogen (secondary N) is 1. The maximum absolute atomic E-state index is 13.5. The Morgan fingerprint density at radius 1 is 1.14 bits per heavy atom. The van der Waals surface area contributed by atoms with Crippen molar-refractivity contribution >= 4 is 22.2 Å². The highest BCUT2D eigenvalue weighted by molar-refractivity contribution is 7.14. The molecule has 154 valence electrons. The molecule has 0 amide bonds. The molecule has 0 radical (unpaired) electrons. The van der Waals surface area contributed by atoms with E-state index in [1.807, 2.05) is 6.92 Å². The zero-order valence-corrected chi connectivity index (χ0v) is 16.6. The number of hydrogen-bond donors (Lipinski definition) is 2. The first-order valence-corrected chi connectivity index (χ1v) is 10.1. The number of aromatic nitrogens is 1. The first-order chi connectivity index (χ1) is 13.9. The normalized spacial score (nSPS) is 11.4. The van der Waals surface area contributed by atoms with E-state index in [0.29, 0.717) is 22.8 Å². The number of nitrogens with zero attached hydrogens (tertiary/aromatic N) is 1. The largest absolute Gasteiger partial charge is 0.507 e. The Labute approximate surface area is 171 Å². The molecule has 0 aliphatic rings. The van der Waals surface area contributed by atoms with E-state index in [1.165, 1.54) is 23.5 Å². The summed E-state index contributed by atoms with van der Waals surface area (Å²) >= 11 is 1.24. The highest BCUT2D eigenvalue weighted by Crippen LogP contribution is 2.39. The van der Waals surface area contributed by atoms with Gasteiger partial charge in [0.15, 0.2) is 5.13 Å². The summed E-state index contributed by atoms with van der Waals surface area (Å²) in [4.78, 5) is 4.36. The molecule has 0 fully saturated rings. The molecule has 0 aliphatic carbocycles. The maximum Gasteiger partial charge on any atom is 0.420 e. The molecule has 0 unspecified atom stereocenters. The zero-order chi connectivity index (χ0) is 20.9. The SMILES string of the molecule is CCCCCOc1ccc(Nc2nc(-c3ccccc3O)cs2)cc1C(F)(F)F. The Morgan fingerprint density at radius 3 is 2.66 bits per heavy atom. The molecule has 0 aliphatic heterocycles. The molecule has 0 bridgehead atoms. The fourth-order valence-corrected chi connectivity index (χ4v) is 3.49. The molecule has 3 rings (SSSR count). The van der Waals surface area contributed by atoms with Gasteiger partial charge < -0.3 is 15.2 Å². The van der Waals surface area contributed by atoms with Crippen molar-refractivity contribution in [1.82, 2.24) is 4.98 Å². The number of benzene rings is 2. The average molecular weight is 422 g/mol. The summed E-state index contributed by atoms with van der Waals surface area (Å²) in [6.45, 7) is 2.27. The molecule has 3 aromatic rings. The maximum atomic E-state index is 13.5. The van der Waals surface area contributed by atoms with Gasteiger partial charge in [0.05, 0.1) is 17.9 Å². The van der Waals surface area contributed by atoms with Gasteiger partial charge in [0.2, 0.25) is 0 Å². The third kappa shape index (κ3) is 5.41. The second-order valence-electron chi connectivity index (χ2n) is 6.44. The van der Waals surface area contributed by atoms with Gasteiger partial charge in [0.1, 0.15) is 11.5 Å². The minimum Gasteiger partial charge on any atom is -0.507 e. The number of ether oxygens (including phenoxy) is 1. The number of halogens is 3. The van der Waals surface area contributed by atoms with Gasteiger partial charge in [0.25, 0.3) is 0 Å². The molecule has 0 spiro atoms. The van der Waals surface area contributed by atoms with Gasteiger partial charge in [-0.25, -0.2) is 4.98 Å². The Kier molecular flexibility index (Phi) is 6.64. The minimum absolute atomic E-state index is 0.0910. The van der Waals surface area contributed by atoms with Crippen LogP contribution in [0.25, 0.3) is 11.3 Å². The Bertz CT molecular complexity index is 957. The van der Waals surface area contributed by atoms with Gasteiger partial charge in [-0.3, -0.25) is 0 Å². The van der Waals surface area contributed by atoms with Crippen LogP contribution in [0.1, 0.15) is 31.7 Å². The van der Waals surface area contributed by atoms with E-state index in [-0.39, 0.29) is 23.8 Å². The van der Waals surface area contributed by atoms with Crippen molar-refractivity contribution in [2.45, 2.75) is 32.4 Å². The van der Waals surface area contributed by atoms with Crippen molar-refractivity contribution in [1.29, 1.82) is 0 Å². The third-order valence-electron chi connectivity index (χ3n) is 4.23. The summed E-state index contributed by atoms with van der Waals surface area (Å²) in [7, 11) is 0. The van der Waals surface area contributed by atoms with Gasteiger partial charge >= 0.3 is 6.18 Å². The molecule has 2 N–H and O–H groups in total. The second-order valence-corrected chi connectivity index (χ2v) is 7.30. The van der Waals surface area contributed by atoms with Crippen molar-refractivity contribution < 1.29 is 23.0 Å². The lowest BCUT2D eigenvalue weighted by molar-refractivity contribution is -0.138. The highest BCUT2D eigenvalue weighted by atomic mass is 32.1. The van der Waals surface area contributed by atoms with Crippen LogP contribution in [0.2, 0.25) is 0 Å². The van der Waals surface area contributed by atoms with E-state index < -0.39 is 11.7 Å². The van der Waals surface area contributed by atoms with Crippen molar-refractivity contribution in [3.8, 4) is 22.8 Å². The Balaban J connectivity index is 1.78. The van der Waals surface area contributed by atoms with E-state index in [0.717, 1.165) is 18.9 Å².